The number of carboxylic acid groups (broad SMARTS) is 1. The lowest BCUT2D eigenvalue weighted by molar-refractivity contribution is 0.0702. The summed E-state index contributed by atoms with van der Waals surface area (Å²) in [6.07, 6.45) is 1.24. The standard InChI is InChI=1S/C10H7NO4S/c12-6-1-3-7(4-2-6)15-10-11-5-8(16-10)9(13)14/h1-5,12H,(H,13,14). The molecule has 6 heteroatoms. The molecule has 0 saturated heterocycles. The Morgan fingerprint density at radius 2 is 2.00 bits per heavy atom. The Bertz CT molecular complexity index is 506. The second-order valence-electron chi connectivity index (χ2n) is 2.89. The van der Waals surface area contributed by atoms with Crippen molar-refractivity contribution in [2.24, 2.45) is 0 Å². The molecule has 0 aliphatic heterocycles. The van der Waals surface area contributed by atoms with E-state index in [1.807, 2.05) is 0 Å². The van der Waals surface area contributed by atoms with Crippen LogP contribution in [0.25, 0.3) is 0 Å². The van der Waals surface area contributed by atoms with Gasteiger partial charge in [0.25, 0.3) is 5.19 Å². The number of hydrogen-bond acceptors (Lipinski definition) is 5. The summed E-state index contributed by atoms with van der Waals surface area (Å²) >= 11 is 0.945. The number of aromatic nitrogens is 1. The zero-order valence-corrected chi connectivity index (χ0v) is 8.77. The highest BCUT2D eigenvalue weighted by atomic mass is 32.1. The van der Waals surface area contributed by atoms with Crippen LogP contribution in [0.5, 0.6) is 16.7 Å². The Hall–Kier alpha value is -2.08. The van der Waals surface area contributed by atoms with Crippen LogP contribution in [0.3, 0.4) is 0 Å². The molecule has 16 heavy (non-hydrogen) atoms. The van der Waals surface area contributed by atoms with Crippen LogP contribution >= 0.6 is 11.3 Å². The van der Waals surface area contributed by atoms with E-state index in [0.717, 1.165) is 11.3 Å². The van der Waals surface area contributed by atoms with Gasteiger partial charge < -0.3 is 14.9 Å². The highest BCUT2D eigenvalue weighted by Gasteiger charge is 2.09. The van der Waals surface area contributed by atoms with Gasteiger partial charge >= 0.3 is 5.97 Å². The molecule has 0 aliphatic carbocycles. The van der Waals surface area contributed by atoms with Crippen molar-refractivity contribution < 1.29 is 19.7 Å². The van der Waals surface area contributed by atoms with Crippen molar-refractivity contribution >= 4 is 17.3 Å². The fourth-order valence-corrected chi connectivity index (χ4v) is 1.64. The second-order valence-corrected chi connectivity index (χ2v) is 3.88. The van der Waals surface area contributed by atoms with Crippen LogP contribution in [-0.4, -0.2) is 21.2 Å². The first-order chi connectivity index (χ1) is 7.65. The lowest BCUT2D eigenvalue weighted by Crippen LogP contribution is -1.89. The average Bonchev–Trinajstić information content (AvgIpc) is 2.70. The van der Waals surface area contributed by atoms with Crippen LogP contribution < -0.4 is 4.74 Å². The van der Waals surface area contributed by atoms with Gasteiger partial charge in [0.05, 0.1) is 6.20 Å². The lowest BCUT2D eigenvalue weighted by Gasteiger charge is -2.00. The molecular formula is C10H7NO4S. The number of ether oxygens (including phenoxy) is 1. The van der Waals surface area contributed by atoms with Crippen molar-refractivity contribution in [3.05, 3.63) is 35.3 Å². The van der Waals surface area contributed by atoms with Crippen LogP contribution in [0, 0.1) is 0 Å². The molecule has 0 fully saturated rings. The predicted octanol–water partition coefficient (Wildman–Crippen LogP) is 2.34. The highest BCUT2D eigenvalue weighted by Crippen LogP contribution is 2.27. The van der Waals surface area contributed by atoms with E-state index in [4.69, 9.17) is 14.9 Å². The molecule has 2 aromatic rings. The maximum Gasteiger partial charge on any atom is 0.347 e. The zero-order valence-electron chi connectivity index (χ0n) is 7.95. The number of thiazole rings is 1. The summed E-state index contributed by atoms with van der Waals surface area (Å²) in [7, 11) is 0. The van der Waals surface area contributed by atoms with E-state index in [1.54, 1.807) is 12.1 Å². The molecule has 82 valence electrons. The smallest absolute Gasteiger partial charge is 0.347 e. The van der Waals surface area contributed by atoms with Crippen molar-refractivity contribution in [3.63, 3.8) is 0 Å². The summed E-state index contributed by atoms with van der Waals surface area (Å²) < 4.78 is 5.30. The van der Waals surface area contributed by atoms with E-state index in [2.05, 4.69) is 4.98 Å². The van der Waals surface area contributed by atoms with E-state index in [0.29, 0.717) is 5.75 Å². The Balaban J connectivity index is 2.14. The minimum atomic E-state index is -1.03. The molecule has 1 aromatic heterocycles. The Labute approximate surface area is 94.6 Å². The van der Waals surface area contributed by atoms with Gasteiger partial charge in [0.15, 0.2) is 0 Å². The van der Waals surface area contributed by atoms with E-state index in [1.165, 1.54) is 18.3 Å². The summed E-state index contributed by atoms with van der Waals surface area (Å²) in [6.45, 7) is 0. The summed E-state index contributed by atoms with van der Waals surface area (Å²) in [5, 5.41) is 18.0. The van der Waals surface area contributed by atoms with Crippen LogP contribution in [-0.2, 0) is 0 Å². The molecule has 0 unspecified atom stereocenters. The van der Waals surface area contributed by atoms with Gasteiger partial charge in [-0.2, -0.15) is 0 Å². The van der Waals surface area contributed by atoms with Crippen molar-refractivity contribution in [2.75, 3.05) is 0 Å². The van der Waals surface area contributed by atoms with Gasteiger partial charge in [-0.1, -0.05) is 11.3 Å². The van der Waals surface area contributed by atoms with Gasteiger partial charge in [0.2, 0.25) is 0 Å². The topological polar surface area (TPSA) is 79.7 Å². The van der Waals surface area contributed by atoms with Crippen molar-refractivity contribution in [1.82, 2.24) is 4.98 Å². The molecule has 2 N–H and O–H groups in total. The first-order valence-electron chi connectivity index (χ1n) is 4.31. The van der Waals surface area contributed by atoms with Gasteiger partial charge in [-0.3, -0.25) is 0 Å². The van der Waals surface area contributed by atoms with E-state index in [9.17, 15) is 4.79 Å². The molecule has 1 heterocycles. The Morgan fingerprint density at radius 3 is 2.56 bits per heavy atom. The van der Waals surface area contributed by atoms with Crippen LogP contribution in [0.1, 0.15) is 9.67 Å². The molecule has 0 radical (unpaired) electrons. The molecule has 1 aromatic carbocycles. The molecule has 0 bridgehead atoms. The number of hydrogen-bond donors (Lipinski definition) is 2. The van der Waals surface area contributed by atoms with E-state index in [-0.39, 0.29) is 15.8 Å². The van der Waals surface area contributed by atoms with Gasteiger partial charge in [0.1, 0.15) is 16.4 Å². The molecule has 0 saturated carbocycles. The van der Waals surface area contributed by atoms with Gasteiger partial charge in [-0.15, -0.1) is 0 Å². The van der Waals surface area contributed by atoms with Gasteiger partial charge in [-0.25, -0.2) is 9.78 Å². The van der Waals surface area contributed by atoms with Gasteiger partial charge in [0, 0.05) is 0 Å². The SMILES string of the molecule is O=C(O)c1cnc(Oc2ccc(O)cc2)s1. The Kier molecular flexibility index (Phi) is 2.74. The largest absolute Gasteiger partial charge is 0.508 e. The highest BCUT2D eigenvalue weighted by molar-refractivity contribution is 7.15. The Morgan fingerprint density at radius 1 is 1.31 bits per heavy atom. The molecule has 2 rings (SSSR count). The van der Waals surface area contributed by atoms with E-state index < -0.39 is 5.97 Å². The second kappa shape index (κ2) is 4.19. The number of phenolic OH excluding ortho intramolecular Hbond substituents is 1. The van der Waals surface area contributed by atoms with Crippen LogP contribution in [0.4, 0.5) is 0 Å². The number of aromatic carboxylic acids is 1. The van der Waals surface area contributed by atoms with Crippen molar-refractivity contribution in [3.8, 4) is 16.7 Å². The number of phenols is 1. The third kappa shape index (κ3) is 2.29. The fourth-order valence-electron chi connectivity index (χ4n) is 1.02. The normalized spacial score (nSPS) is 10.0. The molecular weight excluding hydrogens is 230 g/mol. The average molecular weight is 237 g/mol. The van der Waals surface area contributed by atoms with Crippen LogP contribution in [0.2, 0.25) is 0 Å². The molecule has 0 atom stereocenters. The number of carboxylic acids is 1. The maximum atomic E-state index is 10.6. The zero-order chi connectivity index (χ0) is 11.5. The number of carbonyl (C=O) groups is 1. The monoisotopic (exact) mass is 237 g/mol. The molecule has 5 nitrogen and oxygen atoms in total. The number of rotatable bonds is 3. The quantitative estimate of drug-likeness (QED) is 0.856. The number of benzene rings is 1. The number of aromatic hydroxyl groups is 1. The molecule has 0 spiro atoms. The number of nitrogens with zero attached hydrogens (tertiary/aromatic N) is 1. The fraction of sp³-hybridized carbons (Fsp3) is 0. The van der Waals surface area contributed by atoms with Crippen molar-refractivity contribution in [1.29, 1.82) is 0 Å². The summed E-state index contributed by atoms with van der Waals surface area (Å²) in [6, 6.07) is 6.08. The summed E-state index contributed by atoms with van der Waals surface area (Å²) in [5.74, 6) is -0.403. The minimum Gasteiger partial charge on any atom is -0.508 e. The molecule has 0 amide bonds. The minimum absolute atomic E-state index is 0.119. The lowest BCUT2D eigenvalue weighted by atomic mass is 10.3. The van der Waals surface area contributed by atoms with Crippen LogP contribution in [0.15, 0.2) is 30.5 Å². The third-order valence-corrected chi connectivity index (χ3v) is 2.60. The van der Waals surface area contributed by atoms with Gasteiger partial charge in [-0.05, 0) is 24.3 Å². The summed E-state index contributed by atoms with van der Waals surface area (Å²) in [5.41, 5.74) is 0. The first-order valence-corrected chi connectivity index (χ1v) is 5.13. The summed E-state index contributed by atoms with van der Waals surface area (Å²) in [4.78, 5) is 14.5. The maximum absolute atomic E-state index is 10.6. The third-order valence-electron chi connectivity index (χ3n) is 1.74. The predicted molar refractivity (Wildman–Crippen MR) is 57.3 cm³/mol. The molecule has 0 aliphatic rings. The van der Waals surface area contributed by atoms with Crippen molar-refractivity contribution in [2.45, 2.75) is 0 Å². The van der Waals surface area contributed by atoms with E-state index >= 15 is 0 Å². The first kappa shape index (κ1) is 10.4.